The summed E-state index contributed by atoms with van der Waals surface area (Å²) in [4.78, 5) is 11.2. The maximum absolute atomic E-state index is 9.51. The number of benzene rings is 2. The summed E-state index contributed by atoms with van der Waals surface area (Å²) >= 11 is 0. The summed E-state index contributed by atoms with van der Waals surface area (Å²) in [5, 5.41) is 12.9. The van der Waals surface area contributed by atoms with Crippen LogP contribution in [0.4, 0.5) is 11.5 Å². The van der Waals surface area contributed by atoms with Crippen LogP contribution in [0, 0.1) is 6.92 Å². The van der Waals surface area contributed by atoms with Crippen molar-refractivity contribution >= 4 is 11.5 Å². The number of ether oxygens (including phenoxy) is 1. The minimum Gasteiger partial charge on any atom is -0.468 e. The summed E-state index contributed by atoms with van der Waals surface area (Å²) in [5.41, 5.74) is 5.20. The monoisotopic (exact) mass is 441 g/mol. The molecule has 0 unspecified atom stereocenters. The lowest BCUT2D eigenvalue weighted by Crippen LogP contribution is -2.30. The number of pyridine rings is 1. The molecule has 0 saturated carbocycles. The summed E-state index contributed by atoms with van der Waals surface area (Å²) in [6.07, 6.45) is 3.50. The lowest BCUT2D eigenvalue weighted by Gasteiger charge is -2.23. The first-order valence-electron chi connectivity index (χ1n) is 11.1. The van der Waals surface area contributed by atoms with Crippen LogP contribution in [0.2, 0.25) is 0 Å². The van der Waals surface area contributed by atoms with Crippen molar-refractivity contribution in [1.29, 1.82) is 0 Å². The van der Waals surface area contributed by atoms with Crippen molar-refractivity contribution in [3.8, 4) is 11.6 Å². The molecule has 3 heterocycles. The zero-order valence-electron chi connectivity index (χ0n) is 18.6. The molecule has 7 heteroatoms. The van der Waals surface area contributed by atoms with Gasteiger partial charge >= 0.3 is 0 Å². The van der Waals surface area contributed by atoms with Gasteiger partial charge in [-0.25, -0.2) is 4.98 Å². The molecule has 168 valence electrons. The number of aliphatic hydroxyl groups excluding tert-OH is 1. The first kappa shape index (κ1) is 21.2. The largest absolute Gasteiger partial charge is 0.468 e. The number of hydrogen-bond donors (Lipinski definition) is 2. The Morgan fingerprint density at radius 1 is 1.06 bits per heavy atom. The average Bonchev–Trinajstić information content (AvgIpc) is 3.18. The Bertz CT molecular complexity index is 1210. The molecule has 1 aliphatic heterocycles. The number of imidazole rings is 1. The standard InChI is InChI=1S/C26H27N5O2/c1-19-15-27-18-31(19)23-10-8-22(9-11-23)28-25-12-7-21-16-30(13-14-32)17-24(33-26(21)29-25)20-5-3-2-4-6-20/h2-12,15,18,24,32H,13-14,16-17H2,1H3,(H,28,29)/t24-/m0/s1. The minimum absolute atomic E-state index is 0.110. The van der Waals surface area contributed by atoms with E-state index < -0.39 is 0 Å². The molecule has 0 amide bonds. The summed E-state index contributed by atoms with van der Waals surface area (Å²) in [5.74, 6) is 1.35. The number of fused-ring (bicyclic) bond motifs is 1. The third kappa shape index (κ3) is 4.74. The number of β-amino-alcohol motifs (C(OH)–C–C–N with tert-alkyl or cyclic N) is 1. The number of aromatic nitrogens is 3. The number of aryl methyl sites for hydroxylation is 1. The van der Waals surface area contributed by atoms with Gasteiger partial charge in [0.05, 0.1) is 12.9 Å². The Morgan fingerprint density at radius 2 is 1.88 bits per heavy atom. The first-order chi connectivity index (χ1) is 16.2. The second-order valence-corrected chi connectivity index (χ2v) is 8.21. The van der Waals surface area contributed by atoms with Gasteiger partial charge in [0, 0.05) is 48.5 Å². The van der Waals surface area contributed by atoms with E-state index in [1.807, 2.05) is 66.5 Å². The number of hydrogen-bond acceptors (Lipinski definition) is 6. The number of aliphatic hydroxyl groups is 1. The van der Waals surface area contributed by atoms with Gasteiger partial charge in [0.25, 0.3) is 0 Å². The average molecular weight is 442 g/mol. The van der Waals surface area contributed by atoms with Crippen molar-refractivity contribution < 1.29 is 9.84 Å². The second-order valence-electron chi connectivity index (χ2n) is 8.21. The van der Waals surface area contributed by atoms with Crippen molar-refractivity contribution in [3.63, 3.8) is 0 Å². The van der Waals surface area contributed by atoms with Crippen LogP contribution >= 0.6 is 0 Å². The highest BCUT2D eigenvalue weighted by Gasteiger charge is 2.25. The molecule has 5 rings (SSSR count). The van der Waals surface area contributed by atoms with E-state index in [2.05, 4.69) is 39.5 Å². The molecule has 0 aliphatic carbocycles. The lowest BCUT2D eigenvalue weighted by molar-refractivity contribution is 0.126. The molecule has 4 aromatic rings. The predicted molar refractivity (Wildman–Crippen MR) is 128 cm³/mol. The van der Waals surface area contributed by atoms with Crippen LogP contribution < -0.4 is 10.1 Å². The first-order valence-corrected chi connectivity index (χ1v) is 11.1. The van der Waals surface area contributed by atoms with Gasteiger partial charge in [-0.15, -0.1) is 0 Å². The molecular formula is C26H27N5O2. The van der Waals surface area contributed by atoms with Crippen molar-refractivity contribution in [1.82, 2.24) is 19.4 Å². The molecule has 0 spiro atoms. The van der Waals surface area contributed by atoms with Gasteiger partial charge in [0.2, 0.25) is 5.88 Å². The Labute approximate surface area is 193 Å². The fourth-order valence-corrected chi connectivity index (χ4v) is 4.11. The van der Waals surface area contributed by atoms with E-state index >= 15 is 0 Å². The van der Waals surface area contributed by atoms with E-state index in [1.54, 1.807) is 0 Å². The van der Waals surface area contributed by atoms with Gasteiger partial charge in [-0.3, -0.25) is 4.90 Å². The SMILES string of the molecule is Cc1cncn1-c1ccc(Nc2ccc3c(n2)O[C@H](c2ccccc2)CN(CCO)C3)cc1. The molecule has 2 N–H and O–H groups in total. The molecule has 1 aliphatic rings. The van der Waals surface area contributed by atoms with E-state index in [-0.39, 0.29) is 12.7 Å². The topological polar surface area (TPSA) is 75.4 Å². The fraction of sp³-hybridized carbons (Fsp3) is 0.231. The van der Waals surface area contributed by atoms with Crippen LogP contribution in [0.25, 0.3) is 5.69 Å². The molecule has 0 radical (unpaired) electrons. The predicted octanol–water partition coefficient (Wildman–Crippen LogP) is 4.25. The lowest BCUT2D eigenvalue weighted by atomic mass is 10.1. The molecule has 0 saturated heterocycles. The van der Waals surface area contributed by atoms with Crippen molar-refractivity contribution in [2.75, 3.05) is 25.0 Å². The summed E-state index contributed by atoms with van der Waals surface area (Å²) in [6, 6.07) is 22.3. The molecule has 2 aromatic carbocycles. The zero-order valence-corrected chi connectivity index (χ0v) is 18.6. The molecular weight excluding hydrogens is 414 g/mol. The summed E-state index contributed by atoms with van der Waals surface area (Å²) in [6.45, 7) is 4.11. The molecule has 2 aromatic heterocycles. The van der Waals surface area contributed by atoms with Crippen LogP contribution in [0.1, 0.15) is 22.9 Å². The Kier molecular flexibility index (Phi) is 6.06. The van der Waals surface area contributed by atoms with Crippen LogP contribution in [0.5, 0.6) is 5.88 Å². The van der Waals surface area contributed by atoms with Gasteiger partial charge in [0.1, 0.15) is 11.9 Å². The van der Waals surface area contributed by atoms with Crippen LogP contribution in [-0.2, 0) is 6.54 Å². The normalized spacial score (nSPS) is 16.0. The van der Waals surface area contributed by atoms with Gasteiger partial charge in [-0.2, -0.15) is 4.98 Å². The van der Waals surface area contributed by atoms with Gasteiger partial charge in [0.15, 0.2) is 0 Å². The van der Waals surface area contributed by atoms with Gasteiger partial charge in [-0.05, 0) is 48.9 Å². The summed E-state index contributed by atoms with van der Waals surface area (Å²) < 4.78 is 8.44. The summed E-state index contributed by atoms with van der Waals surface area (Å²) in [7, 11) is 0. The number of nitrogens with one attached hydrogen (secondary N) is 1. The van der Waals surface area contributed by atoms with E-state index in [0.717, 1.165) is 34.0 Å². The quantitative estimate of drug-likeness (QED) is 0.466. The van der Waals surface area contributed by atoms with Crippen LogP contribution in [0.15, 0.2) is 79.3 Å². The van der Waals surface area contributed by atoms with Gasteiger partial charge < -0.3 is 19.7 Å². The maximum atomic E-state index is 9.51. The van der Waals surface area contributed by atoms with E-state index in [9.17, 15) is 5.11 Å². The van der Waals surface area contributed by atoms with Crippen molar-refractivity contribution in [2.45, 2.75) is 19.6 Å². The van der Waals surface area contributed by atoms with Crippen LogP contribution in [-0.4, -0.2) is 44.2 Å². The second kappa shape index (κ2) is 9.44. The number of nitrogens with zero attached hydrogens (tertiary/aromatic N) is 4. The van der Waals surface area contributed by atoms with Crippen molar-refractivity contribution in [2.24, 2.45) is 0 Å². The highest BCUT2D eigenvalue weighted by Crippen LogP contribution is 2.31. The molecule has 0 fully saturated rings. The Hall–Kier alpha value is -3.68. The van der Waals surface area contributed by atoms with Crippen LogP contribution in [0.3, 0.4) is 0 Å². The van der Waals surface area contributed by atoms with E-state index in [0.29, 0.717) is 25.5 Å². The highest BCUT2D eigenvalue weighted by molar-refractivity contribution is 5.59. The maximum Gasteiger partial charge on any atom is 0.220 e. The number of anilines is 2. The van der Waals surface area contributed by atoms with Crippen molar-refractivity contribution in [3.05, 3.63) is 96.1 Å². The Balaban J connectivity index is 1.38. The molecule has 7 nitrogen and oxygen atoms in total. The van der Waals surface area contributed by atoms with E-state index in [4.69, 9.17) is 9.72 Å². The third-order valence-electron chi connectivity index (χ3n) is 5.84. The molecule has 33 heavy (non-hydrogen) atoms. The minimum atomic E-state index is -0.153. The Morgan fingerprint density at radius 3 is 2.61 bits per heavy atom. The fourth-order valence-electron chi connectivity index (χ4n) is 4.11. The molecule has 0 bridgehead atoms. The molecule has 1 atom stereocenters. The number of rotatable bonds is 6. The smallest absolute Gasteiger partial charge is 0.220 e. The van der Waals surface area contributed by atoms with E-state index in [1.165, 1.54) is 0 Å². The highest BCUT2D eigenvalue weighted by atomic mass is 16.5. The zero-order chi connectivity index (χ0) is 22.6. The van der Waals surface area contributed by atoms with Gasteiger partial charge in [-0.1, -0.05) is 30.3 Å². The third-order valence-corrected chi connectivity index (χ3v) is 5.84.